The molecule has 0 unspecified atom stereocenters. The molecule has 8 aromatic carbocycles. The molecule has 0 spiro atoms. The summed E-state index contributed by atoms with van der Waals surface area (Å²) >= 11 is 0. The third kappa shape index (κ3) is 4.68. The summed E-state index contributed by atoms with van der Waals surface area (Å²) in [6, 6.07) is 64.5. The Labute approximate surface area is 273 Å². The number of furan rings is 1. The van der Waals surface area contributed by atoms with Gasteiger partial charge in [-0.15, -0.1) is 0 Å². The number of fused-ring (bicyclic) bond motifs is 6. The second kappa shape index (κ2) is 11.2. The summed E-state index contributed by atoms with van der Waals surface area (Å²) in [5.74, 6) is 0. The van der Waals surface area contributed by atoms with Crippen molar-refractivity contribution in [1.82, 2.24) is 0 Å². The number of rotatable bonds is 6. The van der Waals surface area contributed by atoms with Crippen LogP contribution in [0, 0.1) is 0 Å². The summed E-state index contributed by atoms with van der Waals surface area (Å²) in [6.45, 7) is 0. The summed E-state index contributed by atoms with van der Waals surface area (Å²) in [6.07, 6.45) is 0. The van der Waals surface area contributed by atoms with E-state index in [0.717, 1.165) is 56.1 Å². The number of hydrogen-bond donors (Lipinski definition) is 0. The van der Waals surface area contributed by atoms with Gasteiger partial charge in [-0.1, -0.05) is 109 Å². The van der Waals surface area contributed by atoms with E-state index in [1.165, 1.54) is 21.5 Å². The van der Waals surface area contributed by atoms with Crippen LogP contribution in [-0.2, 0) is 0 Å². The SMILES string of the molecule is c1ccc(N(c2ccccc2)c2cc(N(c3ccccc3)c3ccc4oc5ccccc5c4c3)c3ccc4ccccc4c3c2)cc1. The Balaban J connectivity index is 1.37. The largest absolute Gasteiger partial charge is 0.456 e. The van der Waals surface area contributed by atoms with Crippen molar-refractivity contribution in [3.63, 3.8) is 0 Å². The van der Waals surface area contributed by atoms with Crippen LogP contribution in [0.4, 0.5) is 34.1 Å². The maximum Gasteiger partial charge on any atom is 0.135 e. The van der Waals surface area contributed by atoms with Gasteiger partial charge in [0.1, 0.15) is 11.2 Å². The minimum atomic E-state index is 0.881. The third-order valence-corrected chi connectivity index (χ3v) is 8.98. The predicted molar refractivity (Wildman–Crippen MR) is 198 cm³/mol. The van der Waals surface area contributed by atoms with Crippen LogP contribution in [0.5, 0.6) is 0 Å². The van der Waals surface area contributed by atoms with Crippen molar-refractivity contribution in [3.8, 4) is 0 Å². The van der Waals surface area contributed by atoms with E-state index < -0.39 is 0 Å². The van der Waals surface area contributed by atoms with E-state index in [4.69, 9.17) is 4.42 Å². The van der Waals surface area contributed by atoms with E-state index in [9.17, 15) is 0 Å². The predicted octanol–water partition coefficient (Wildman–Crippen LogP) is 12.8. The molecule has 222 valence electrons. The van der Waals surface area contributed by atoms with E-state index in [-0.39, 0.29) is 0 Å². The maximum absolute atomic E-state index is 6.24. The number of nitrogens with zero attached hydrogens (tertiary/aromatic N) is 2. The minimum Gasteiger partial charge on any atom is -0.456 e. The fourth-order valence-corrected chi connectivity index (χ4v) is 6.85. The van der Waals surface area contributed by atoms with E-state index in [0.29, 0.717) is 0 Å². The summed E-state index contributed by atoms with van der Waals surface area (Å²) in [4.78, 5) is 4.73. The summed E-state index contributed by atoms with van der Waals surface area (Å²) < 4.78 is 6.24. The lowest BCUT2D eigenvalue weighted by atomic mass is 9.98. The quantitative estimate of drug-likeness (QED) is 0.177. The molecule has 0 bridgehead atoms. The first-order valence-electron chi connectivity index (χ1n) is 15.9. The Morgan fingerprint density at radius 2 is 0.851 bits per heavy atom. The lowest BCUT2D eigenvalue weighted by molar-refractivity contribution is 0.669. The summed E-state index contributed by atoms with van der Waals surface area (Å²) in [5, 5.41) is 7.02. The smallest absolute Gasteiger partial charge is 0.135 e. The van der Waals surface area contributed by atoms with Gasteiger partial charge in [0.05, 0.1) is 5.69 Å². The van der Waals surface area contributed by atoms with Crippen LogP contribution in [-0.4, -0.2) is 0 Å². The van der Waals surface area contributed by atoms with Crippen molar-refractivity contribution in [2.24, 2.45) is 0 Å². The molecule has 0 fully saturated rings. The van der Waals surface area contributed by atoms with Crippen LogP contribution in [0.1, 0.15) is 0 Å². The number of anilines is 6. The molecule has 0 saturated carbocycles. The van der Waals surface area contributed by atoms with E-state index in [1.807, 2.05) is 12.1 Å². The van der Waals surface area contributed by atoms with Gasteiger partial charge in [0, 0.05) is 44.6 Å². The number of para-hydroxylation sites is 4. The van der Waals surface area contributed by atoms with Gasteiger partial charge in [0.25, 0.3) is 0 Å². The molecule has 9 rings (SSSR count). The molecule has 9 aromatic rings. The van der Waals surface area contributed by atoms with Crippen LogP contribution in [0.25, 0.3) is 43.5 Å². The highest BCUT2D eigenvalue weighted by Crippen LogP contribution is 2.46. The van der Waals surface area contributed by atoms with Crippen molar-refractivity contribution < 1.29 is 4.42 Å². The molecule has 0 aliphatic rings. The molecule has 0 saturated heterocycles. The highest BCUT2D eigenvalue weighted by atomic mass is 16.3. The zero-order valence-electron chi connectivity index (χ0n) is 25.6. The van der Waals surface area contributed by atoms with Gasteiger partial charge in [0.15, 0.2) is 0 Å². The molecule has 0 atom stereocenters. The standard InChI is InChI=1S/C44H30N2O/c1-4-15-32(16-5-1)45(33-17-6-2-7-18-33)36-29-40-37-21-11-10-14-31(37)24-26-38(40)42(30-36)46(34-19-8-3-9-20-34)35-25-27-44-41(28-35)39-22-12-13-23-43(39)47-44/h1-30H. The lowest BCUT2D eigenvalue weighted by Gasteiger charge is -2.31. The molecule has 0 radical (unpaired) electrons. The van der Waals surface area contributed by atoms with E-state index in [2.05, 4.69) is 180 Å². The van der Waals surface area contributed by atoms with Crippen molar-refractivity contribution in [2.45, 2.75) is 0 Å². The first kappa shape index (κ1) is 27.0. The van der Waals surface area contributed by atoms with Crippen LogP contribution in [0.15, 0.2) is 186 Å². The molecule has 1 heterocycles. The second-order valence-electron chi connectivity index (χ2n) is 11.8. The van der Waals surface area contributed by atoms with Crippen molar-refractivity contribution in [2.75, 3.05) is 9.80 Å². The average Bonchev–Trinajstić information content (AvgIpc) is 3.51. The summed E-state index contributed by atoms with van der Waals surface area (Å²) in [7, 11) is 0. The van der Waals surface area contributed by atoms with Gasteiger partial charge in [0.2, 0.25) is 0 Å². The van der Waals surface area contributed by atoms with Crippen molar-refractivity contribution >= 4 is 77.6 Å². The zero-order chi connectivity index (χ0) is 31.2. The second-order valence-corrected chi connectivity index (χ2v) is 11.8. The monoisotopic (exact) mass is 602 g/mol. The highest BCUT2D eigenvalue weighted by Gasteiger charge is 2.22. The molecule has 47 heavy (non-hydrogen) atoms. The number of benzene rings is 8. The van der Waals surface area contributed by atoms with Crippen LogP contribution < -0.4 is 9.80 Å². The van der Waals surface area contributed by atoms with Gasteiger partial charge in [-0.25, -0.2) is 0 Å². The molecule has 0 aliphatic heterocycles. The number of hydrogen-bond acceptors (Lipinski definition) is 3. The van der Waals surface area contributed by atoms with Gasteiger partial charge in [-0.2, -0.15) is 0 Å². The minimum absolute atomic E-state index is 0.881. The topological polar surface area (TPSA) is 19.6 Å². The highest BCUT2D eigenvalue weighted by molar-refractivity contribution is 6.15. The van der Waals surface area contributed by atoms with Gasteiger partial charge < -0.3 is 14.2 Å². The van der Waals surface area contributed by atoms with Crippen LogP contribution in [0.3, 0.4) is 0 Å². The van der Waals surface area contributed by atoms with Gasteiger partial charge >= 0.3 is 0 Å². The molecule has 0 amide bonds. The lowest BCUT2D eigenvalue weighted by Crippen LogP contribution is -2.13. The molecular weight excluding hydrogens is 572 g/mol. The molecule has 3 nitrogen and oxygen atoms in total. The first-order chi connectivity index (χ1) is 23.3. The first-order valence-corrected chi connectivity index (χ1v) is 15.9. The Hall–Kier alpha value is -6.32. The molecule has 0 aliphatic carbocycles. The van der Waals surface area contributed by atoms with Crippen LogP contribution in [0.2, 0.25) is 0 Å². The molecule has 1 aromatic heterocycles. The fraction of sp³-hybridized carbons (Fsp3) is 0. The zero-order valence-corrected chi connectivity index (χ0v) is 25.6. The summed E-state index contributed by atoms with van der Waals surface area (Å²) in [5.41, 5.74) is 8.29. The Morgan fingerprint density at radius 3 is 1.55 bits per heavy atom. The fourth-order valence-electron chi connectivity index (χ4n) is 6.85. The van der Waals surface area contributed by atoms with Crippen molar-refractivity contribution in [3.05, 3.63) is 182 Å². The van der Waals surface area contributed by atoms with Crippen LogP contribution >= 0.6 is 0 Å². The molecule has 3 heteroatoms. The normalized spacial score (nSPS) is 11.4. The van der Waals surface area contributed by atoms with Crippen molar-refractivity contribution in [1.29, 1.82) is 0 Å². The van der Waals surface area contributed by atoms with E-state index >= 15 is 0 Å². The van der Waals surface area contributed by atoms with Gasteiger partial charge in [-0.3, -0.25) is 0 Å². The maximum atomic E-state index is 6.24. The van der Waals surface area contributed by atoms with E-state index in [1.54, 1.807) is 0 Å². The Morgan fingerprint density at radius 1 is 0.298 bits per heavy atom. The Bertz CT molecular complexity index is 2480. The van der Waals surface area contributed by atoms with Gasteiger partial charge in [-0.05, 0) is 89.0 Å². The Kier molecular flexibility index (Phi) is 6.46. The third-order valence-electron chi connectivity index (χ3n) is 8.98. The molecule has 0 N–H and O–H groups in total. The average molecular weight is 603 g/mol. The molecular formula is C44H30N2O.